The smallest absolute Gasteiger partial charge is 0.416 e. The normalized spacial score (nSPS) is 18.6. The van der Waals surface area contributed by atoms with Crippen molar-refractivity contribution in [3.05, 3.63) is 0 Å². The number of carbonyl (C=O) groups excluding carboxylic acids is 3. The van der Waals surface area contributed by atoms with E-state index in [-0.39, 0.29) is 44.2 Å². The Morgan fingerprint density at radius 1 is 1.42 bits per heavy atom. The maximum absolute atomic E-state index is 12.0. The summed E-state index contributed by atoms with van der Waals surface area (Å²) in [5, 5.41) is 0. The molecule has 1 aliphatic heterocycles. The molecule has 0 aromatic heterocycles. The lowest BCUT2D eigenvalue weighted by Gasteiger charge is -2.21. The third-order valence-corrected chi connectivity index (χ3v) is 3.10. The van der Waals surface area contributed by atoms with Gasteiger partial charge in [0.05, 0.1) is 26.2 Å². The number of hydrogen-bond donors (Lipinski definition) is 0. The van der Waals surface area contributed by atoms with E-state index in [1.54, 1.807) is 11.8 Å². The molecular formula is C12H18N2O5. The van der Waals surface area contributed by atoms with Crippen LogP contribution in [-0.2, 0) is 19.1 Å². The molecule has 0 bridgehead atoms. The van der Waals surface area contributed by atoms with Gasteiger partial charge in [0.2, 0.25) is 5.91 Å². The predicted molar refractivity (Wildman–Crippen MR) is 64.3 cm³/mol. The van der Waals surface area contributed by atoms with Crippen LogP contribution in [0, 0.1) is 0 Å². The second-order valence-corrected chi connectivity index (χ2v) is 4.60. The number of cyclic esters (lactones) is 1. The number of nitrogens with zero attached hydrogens (tertiary/aromatic N) is 2. The van der Waals surface area contributed by atoms with E-state index in [0.29, 0.717) is 6.61 Å². The van der Waals surface area contributed by atoms with Gasteiger partial charge in [-0.1, -0.05) is 0 Å². The highest BCUT2D eigenvalue weighted by Gasteiger charge is 2.35. The first-order valence-corrected chi connectivity index (χ1v) is 6.48. The van der Waals surface area contributed by atoms with Crippen LogP contribution in [0.5, 0.6) is 0 Å². The molecular weight excluding hydrogens is 252 g/mol. The number of esters is 1. The van der Waals surface area contributed by atoms with Gasteiger partial charge in [-0.15, -0.1) is 0 Å². The van der Waals surface area contributed by atoms with E-state index in [4.69, 9.17) is 9.47 Å². The molecule has 106 valence electrons. The Kier molecular flexibility index (Phi) is 4.36. The molecule has 0 unspecified atom stereocenters. The molecule has 0 aromatic carbocycles. The summed E-state index contributed by atoms with van der Waals surface area (Å²) in [6.07, 6.45) is 1.34. The Hall–Kier alpha value is -1.63. The van der Waals surface area contributed by atoms with Crippen LogP contribution in [0.15, 0.2) is 0 Å². The summed E-state index contributed by atoms with van der Waals surface area (Å²) in [6.45, 7) is 2.74. The first kappa shape index (κ1) is 13.8. The van der Waals surface area contributed by atoms with E-state index in [9.17, 15) is 14.4 Å². The third kappa shape index (κ3) is 3.66. The third-order valence-electron chi connectivity index (χ3n) is 3.10. The van der Waals surface area contributed by atoms with Crippen LogP contribution in [0.1, 0.15) is 19.8 Å². The SMILES string of the molecule is CCOC(=O)CN(CC(=O)N1CCOC1=O)C1CC1. The van der Waals surface area contributed by atoms with Gasteiger partial charge < -0.3 is 9.47 Å². The van der Waals surface area contributed by atoms with Gasteiger partial charge in [-0.05, 0) is 19.8 Å². The van der Waals surface area contributed by atoms with Crippen LogP contribution in [-0.4, -0.2) is 66.7 Å². The zero-order valence-electron chi connectivity index (χ0n) is 11.0. The van der Waals surface area contributed by atoms with E-state index < -0.39 is 6.09 Å². The number of imide groups is 1. The highest BCUT2D eigenvalue weighted by Crippen LogP contribution is 2.26. The van der Waals surface area contributed by atoms with Crippen molar-refractivity contribution >= 4 is 18.0 Å². The summed E-state index contributed by atoms with van der Waals surface area (Å²) in [6, 6.07) is 0.243. The van der Waals surface area contributed by atoms with Gasteiger partial charge in [0.15, 0.2) is 0 Å². The average Bonchev–Trinajstić information content (AvgIpc) is 3.11. The van der Waals surface area contributed by atoms with E-state index in [1.807, 2.05) is 0 Å². The van der Waals surface area contributed by atoms with Crippen molar-refractivity contribution in [2.45, 2.75) is 25.8 Å². The van der Waals surface area contributed by atoms with E-state index in [2.05, 4.69) is 0 Å². The van der Waals surface area contributed by atoms with Crippen molar-refractivity contribution in [1.29, 1.82) is 0 Å². The Morgan fingerprint density at radius 2 is 2.16 bits per heavy atom. The Labute approximate surface area is 111 Å². The fraction of sp³-hybridized carbons (Fsp3) is 0.750. The minimum Gasteiger partial charge on any atom is -0.465 e. The fourth-order valence-corrected chi connectivity index (χ4v) is 2.01. The fourth-order valence-electron chi connectivity index (χ4n) is 2.01. The predicted octanol–water partition coefficient (Wildman–Crippen LogP) is -0.00730. The zero-order valence-corrected chi connectivity index (χ0v) is 11.0. The van der Waals surface area contributed by atoms with Crippen LogP contribution in [0.3, 0.4) is 0 Å². The van der Waals surface area contributed by atoms with Gasteiger partial charge in [0.1, 0.15) is 6.61 Å². The summed E-state index contributed by atoms with van der Waals surface area (Å²) < 4.78 is 9.60. The van der Waals surface area contributed by atoms with Crippen molar-refractivity contribution in [3.63, 3.8) is 0 Å². The maximum atomic E-state index is 12.0. The molecule has 2 amide bonds. The standard InChI is InChI=1S/C12H18N2O5/c1-2-18-11(16)8-13(9-3-4-9)7-10(15)14-5-6-19-12(14)17/h9H,2-8H2,1H3. The van der Waals surface area contributed by atoms with Gasteiger partial charge in [0.25, 0.3) is 0 Å². The van der Waals surface area contributed by atoms with Crippen LogP contribution < -0.4 is 0 Å². The van der Waals surface area contributed by atoms with Gasteiger partial charge in [0, 0.05) is 6.04 Å². The van der Waals surface area contributed by atoms with Gasteiger partial charge in [-0.25, -0.2) is 9.69 Å². The first-order valence-electron chi connectivity index (χ1n) is 6.48. The Bertz CT molecular complexity index is 380. The summed E-state index contributed by atoms with van der Waals surface area (Å²) in [4.78, 5) is 37.6. The van der Waals surface area contributed by atoms with Crippen LogP contribution >= 0.6 is 0 Å². The molecule has 1 heterocycles. The highest BCUT2D eigenvalue weighted by molar-refractivity contribution is 5.94. The van der Waals surface area contributed by atoms with Crippen molar-refractivity contribution in [3.8, 4) is 0 Å². The summed E-state index contributed by atoms with van der Waals surface area (Å²) in [5.74, 6) is -0.662. The lowest BCUT2D eigenvalue weighted by atomic mass is 10.4. The molecule has 2 rings (SSSR count). The summed E-state index contributed by atoms with van der Waals surface area (Å²) in [5.41, 5.74) is 0. The number of ether oxygens (including phenoxy) is 2. The van der Waals surface area contributed by atoms with Gasteiger partial charge in [-0.2, -0.15) is 0 Å². The first-order chi connectivity index (χ1) is 9.11. The largest absolute Gasteiger partial charge is 0.465 e. The minimum atomic E-state index is -0.600. The van der Waals surface area contributed by atoms with E-state index in [1.165, 1.54) is 0 Å². The summed E-state index contributed by atoms with van der Waals surface area (Å²) >= 11 is 0. The molecule has 1 aliphatic carbocycles. The average molecular weight is 270 g/mol. The quantitative estimate of drug-likeness (QED) is 0.632. The second-order valence-electron chi connectivity index (χ2n) is 4.60. The summed E-state index contributed by atoms with van der Waals surface area (Å²) in [7, 11) is 0. The van der Waals surface area contributed by atoms with Crippen LogP contribution in [0.4, 0.5) is 4.79 Å². The number of hydrogen-bond acceptors (Lipinski definition) is 6. The van der Waals surface area contributed by atoms with Crippen molar-refractivity contribution in [2.75, 3.05) is 32.8 Å². The monoisotopic (exact) mass is 270 g/mol. The molecule has 7 heteroatoms. The van der Waals surface area contributed by atoms with E-state index >= 15 is 0 Å². The molecule has 2 aliphatic rings. The molecule has 1 saturated carbocycles. The number of carbonyl (C=O) groups is 3. The Balaban J connectivity index is 1.87. The molecule has 0 atom stereocenters. The minimum absolute atomic E-state index is 0.0541. The zero-order chi connectivity index (χ0) is 13.8. The topological polar surface area (TPSA) is 76.2 Å². The Morgan fingerprint density at radius 3 is 2.68 bits per heavy atom. The van der Waals surface area contributed by atoms with Crippen LogP contribution in [0.2, 0.25) is 0 Å². The highest BCUT2D eigenvalue weighted by atomic mass is 16.6. The molecule has 0 radical (unpaired) electrons. The molecule has 0 spiro atoms. The van der Waals surface area contributed by atoms with Crippen molar-refractivity contribution < 1.29 is 23.9 Å². The lowest BCUT2D eigenvalue weighted by molar-refractivity contribution is -0.145. The molecule has 19 heavy (non-hydrogen) atoms. The lowest BCUT2D eigenvalue weighted by Crippen LogP contribution is -2.43. The second kappa shape index (κ2) is 6.01. The van der Waals surface area contributed by atoms with Gasteiger partial charge in [-0.3, -0.25) is 14.5 Å². The van der Waals surface area contributed by atoms with Crippen LogP contribution in [0.25, 0.3) is 0 Å². The van der Waals surface area contributed by atoms with Gasteiger partial charge >= 0.3 is 12.1 Å². The maximum Gasteiger partial charge on any atom is 0.416 e. The van der Waals surface area contributed by atoms with E-state index in [0.717, 1.165) is 17.7 Å². The van der Waals surface area contributed by atoms with Crippen molar-refractivity contribution in [2.24, 2.45) is 0 Å². The molecule has 0 aromatic rings. The molecule has 0 N–H and O–H groups in total. The molecule has 2 fully saturated rings. The molecule has 1 saturated heterocycles. The van der Waals surface area contributed by atoms with Crippen molar-refractivity contribution in [1.82, 2.24) is 9.80 Å². The molecule has 7 nitrogen and oxygen atoms in total. The number of amides is 2. The number of rotatable bonds is 6.